The van der Waals surface area contributed by atoms with Crippen LogP contribution >= 0.6 is 24.0 Å². The highest BCUT2D eigenvalue weighted by molar-refractivity contribution is 14.0. The number of hydrogen-bond acceptors (Lipinski definition) is 5. The Hall–Kier alpha value is -1.63. The first-order chi connectivity index (χ1) is 13.8. The molecule has 0 aromatic heterocycles. The van der Waals surface area contributed by atoms with Gasteiger partial charge in [0.2, 0.25) is 5.75 Å². The van der Waals surface area contributed by atoms with Crippen molar-refractivity contribution in [2.75, 3.05) is 61.1 Å². The van der Waals surface area contributed by atoms with Crippen molar-refractivity contribution in [2.24, 2.45) is 4.99 Å². The van der Waals surface area contributed by atoms with Crippen LogP contribution in [0, 0.1) is 0 Å². The minimum atomic E-state index is -4.18. The van der Waals surface area contributed by atoms with Gasteiger partial charge in [-0.05, 0) is 6.07 Å². The molecule has 172 valence electrons. The standard InChI is InChI=1S/C19H29F3N4O3.HI/c1-23-18(24-8-7-19(20,21)22)26-11-9-25(10-12-26)13-14-5-6-15(27-2)17(29-4)16(14)28-3;/h5-6H,7-13H2,1-4H3,(H,23,24);1H. The number of benzene rings is 1. The van der Waals surface area contributed by atoms with E-state index in [1.54, 1.807) is 28.4 Å². The van der Waals surface area contributed by atoms with Crippen LogP contribution in [0.5, 0.6) is 17.2 Å². The predicted octanol–water partition coefficient (Wildman–Crippen LogP) is 2.98. The average Bonchev–Trinajstić information content (AvgIpc) is 2.70. The van der Waals surface area contributed by atoms with Gasteiger partial charge in [0.1, 0.15) is 0 Å². The molecule has 1 N–H and O–H groups in total. The number of ether oxygens (including phenoxy) is 3. The predicted molar refractivity (Wildman–Crippen MR) is 120 cm³/mol. The van der Waals surface area contributed by atoms with Crippen LogP contribution in [-0.4, -0.2) is 83.0 Å². The number of methoxy groups -OCH3 is 3. The summed E-state index contributed by atoms with van der Waals surface area (Å²) in [6, 6.07) is 3.80. The number of guanidine groups is 1. The van der Waals surface area contributed by atoms with Crippen LogP contribution in [0.25, 0.3) is 0 Å². The molecule has 0 radical (unpaired) electrons. The summed E-state index contributed by atoms with van der Waals surface area (Å²) in [5.41, 5.74) is 0.978. The number of aliphatic imine (C=N–C) groups is 1. The summed E-state index contributed by atoms with van der Waals surface area (Å²) >= 11 is 0. The second-order valence-corrected chi connectivity index (χ2v) is 6.60. The molecule has 0 aliphatic carbocycles. The van der Waals surface area contributed by atoms with Gasteiger partial charge >= 0.3 is 6.18 Å². The molecule has 11 heteroatoms. The van der Waals surface area contributed by atoms with Crippen molar-refractivity contribution in [3.63, 3.8) is 0 Å². The first kappa shape index (κ1) is 26.4. The van der Waals surface area contributed by atoms with E-state index in [9.17, 15) is 13.2 Å². The Morgan fingerprint density at radius 3 is 2.17 bits per heavy atom. The normalized spacial score (nSPS) is 15.4. The second kappa shape index (κ2) is 12.3. The molecule has 1 aliphatic heterocycles. The van der Waals surface area contributed by atoms with Gasteiger partial charge in [0.15, 0.2) is 17.5 Å². The molecule has 1 heterocycles. The molecule has 1 fully saturated rings. The molecule has 2 rings (SSSR count). The third-order valence-electron chi connectivity index (χ3n) is 4.75. The van der Waals surface area contributed by atoms with E-state index in [-0.39, 0.29) is 30.5 Å². The third kappa shape index (κ3) is 7.25. The lowest BCUT2D eigenvalue weighted by Gasteiger charge is -2.36. The fourth-order valence-electron chi connectivity index (χ4n) is 3.29. The summed E-state index contributed by atoms with van der Waals surface area (Å²) in [5, 5.41) is 2.79. The van der Waals surface area contributed by atoms with Crippen LogP contribution < -0.4 is 19.5 Å². The van der Waals surface area contributed by atoms with Gasteiger partial charge in [-0.1, -0.05) is 6.07 Å². The number of piperazine rings is 1. The molecule has 0 spiro atoms. The molecule has 0 bridgehead atoms. The van der Waals surface area contributed by atoms with E-state index in [1.807, 2.05) is 17.0 Å². The van der Waals surface area contributed by atoms with Crippen molar-refractivity contribution in [2.45, 2.75) is 19.1 Å². The van der Waals surface area contributed by atoms with E-state index < -0.39 is 12.6 Å². The summed E-state index contributed by atoms with van der Waals surface area (Å²) in [6.45, 7) is 3.31. The maximum Gasteiger partial charge on any atom is 0.390 e. The molecule has 1 aromatic rings. The van der Waals surface area contributed by atoms with Crippen LogP contribution in [0.4, 0.5) is 13.2 Å². The van der Waals surface area contributed by atoms with Gasteiger partial charge < -0.3 is 24.4 Å². The van der Waals surface area contributed by atoms with Crippen LogP contribution in [0.2, 0.25) is 0 Å². The molecule has 0 saturated carbocycles. The molecular weight excluding hydrogens is 516 g/mol. The quantitative estimate of drug-likeness (QED) is 0.323. The van der Waals surface area contributed by atoms with Crippen LogP contribution in [-0.2, 0) is 6.54 Å². The Balaban J connectivity index is 0.00000450. The van der Waals surface area contributed by atoms with Crippen LogP contribution in [0.1, 0.15) is 12.0 Å². The molecule has 0 atom stereocenters. The Morgan fingerprint density at radius 1 is 1.03 bits per heavy atom. The molecule has 1 aromatic carbocycles. The average molecular weight is 546 g/mol. The fraction of sp³-hybridized carbons (Fsp3) is 0.632. The van der Waals surface area contributed by atoms with E-state index in [0.29, 0.717) is 42.8 Å². The van der Waals surface area contributed by atoms with Gasteiger partial charge in [-0.3, -0.25) is 9.89 Å². The zero-order valence-electron chi connectivity index (χ0n) is 17.7. The van der Waals surface area contributed by atoms with Crippen molar-refractivity contribution < 1.29 is 27.4 Å². The lowest BCUT2D eigenvalue weighted by Crippen LogP contribution is -2.52. The Kier molecular flexibility index (Phi) is 10.8. The number of nitrogens with one attached hydrogen (secondary N) is 1. The maximum atomic E-state index is 12.3. The zero-order chi connectivity index (χ0) is 21.4. The van der Waals surface area contributed by atoms with E-state index in [2.05, 4.69) is 15.2 Å². The molecule has 1 saturated heterocycles. The van der Waals surface area contributed by atoms with Gasteiger partial charge in [-0.15, -0.1) is 24.0 Å². The highest BCUT2D eigenvalue weighted by atomic mass is 127. The number of nitrogens with zero attached hydrogens (tertiary/aromatic N) is 3. The smallest absolute Gasteiger partial charge is 0.390 e. The van der Waals surface area contributed by atoms with Crippen molar-refractivity contribution in [3.8, 4) is 17.2 Å². The zero-order valence-corrected chi connectivity index (χ0v) is 20.0. The largest absolute Gasteiger partial charge is 0.493 e. The highest BCUT2D eigenvalue weighted by Gasteiger charge is 2.27. The van der Waals surface area contributed by atoms with Gasteiger partial charge in [0.25, 0.3) is 0 Å². The van der Waals surface area contributed by atoms with Gasteiger partial charge in [0, 0.05) is 51.9 Å². The van der Waals surface area contributed by atoms with E-state index in [1.165, 1.54) is 0 Å². The van der Waals surface area contributed by atoms with Crippen LogP contribution in [0.15, 0.2) is 17.1 Å². The van der Waals surface area contributed by atoms with Gasteiger partial charge in [0.05, 0.1) is 27.8 Å². The third-order valence-corrected chi connectivity index (χ3v) is 4.75. The lowest BCUT2D eigenvalue weighted by molar-refractivity contribution is -0.132. The van der Waals surface area contributed by atoms with Crippen LogP contribution in [0.3, 0.4) is 0 Å². The van der Waals surface area contributed by atoms with Gasteiger partial charge in [-0.2, -0.15) is 13.2 Å². The van der Waals surface area contributed by atoms with Gasteiger partial charge in [-0.25, -0.2) is 0 Å². The molecule has 30 heavy (non-hydrogen) atoms. The van der Waals surface area contributed by atoms with Crippen molar-refractivity contribution in [1.82, 2.24) is 15.1 Å². The Labute approximate surface area is 192 Å². The SMILES string of the molecule is CN=C(NCCC(F)(F)F)N1CCN(Cc2ccc(OC)c(OC)c2OC)CC1.I. The topological polar surface area (TPSA) is 58.6 Å². The maximum absolute atomic E-state index is 12.3. The van der Waals surface area contributed by atoms with Crippen molar-refractivity contribution in [1.29, 1.82) is 0 Å². The molecular formula is C19H30F3IN4O3. The fourth-order valence-corrected chi connectivity index (χ4v) is 3.29. The van der Waals surface area contributed by atoms with E-state index in [0.717, 1.165) is 18.7 Å². The second-order valence-electron chi connectivity index (χ2n) is 6.60. The first-order valence-electron chi connectivity index (χ1n) is 9.35. The summed E-state index contributed by atoms with van der Waals surface area (Å²) in [5.74, 6) is 2.29. The monoisotopic (exact) mass is 546 g/mol. The minimum absolute atomic E-state index is 0. The Bertz CT molecular complexity index is 696. The Morgan fingerprint density at radius 2 is 1.67 bits per heavy atom. The first-order valence-corrected chi connectivity index (χ1v) is 9.35. The number of alkyl halides is 3. The van der Waals surface area contributed by atoms with Crippen molar-refractivity contribution in [3.05, 3.63) is 17.7 Å². The molecule has 1 aliphatic rings. The summed E-state index contributed by atoms with van der Waals surface area (Å²) in [6.07, 6.45) is -5.06. The molecule has 0 unspecified atom stereocenters. The number of rotatable bonds is 7. The minimum Gasteiger partial charge on any atom is -0.493 e. The summed E-state index contributed by atoms with van der Waals surface area (Å²) < 4.78 is 53.3. The highest BCUT2D eigenvalue weighted by Crippen LogP contribution is 2.40. The summed E-state index contributed by atoms with van der Waals surface area (Å²) in [7, 11) is 6.32. The van der Waals surface area contributed by atoms with Crippen molar-refractivity contribution >= 4 is 29.9 Å². The number of halogens is 4. The molecule has 7 nitrogen and oxygen atoms in total. The molecule has 0 amide bonds. The van der Waals surface area contributed by atoms with E-state index in [4.69, 9.17) is 14.2 Å². The van der Waals surface area contributed by atoms with E-state index >= 15 is 0 Å². The lowest BCUT2D eigenvalue weighted by atomic mass is 10.1. The number of hydrogen-bond donors (Lipinski definition) is 1. The summed E-state index contributed by atoms with van der Waals surface area (Å²) in [4.78, 5) is 8.33.